The minimum Gasteiger partial charge on any atom is -0.456 e. The van der Waals surface area contributed by atoms with Gasteiger partial charge in [0.1, 0.15) is 12.7 Å². The minimum absolute atomic E-state index is 0.104. The van der Waals surface area contributed by atoms with E-state index in [1.807, 2.05) is 0 Å². The fourth-order valence-electron chi connectivity index (χ4n) is 3.18. The molecular weight excluding hydrogens is 472 g/mol. The Bertz CT molecular complexity index is 1030. The second kappa shape index (κ2) is 11.9. The van der Waals surface area contributed by atoms with Gasteiger partial charge in [0.2, 0.25) is 0 Å². The van der Waals surface area contributed by atoms with Gasteiger partial charge in [0.15, 0.2) is 24.6 Å². The van der Waals surface area contributed by atoms with Crippen LogP contribution in [0.15, 0.2) is 29.2 Å². The molecule has 0 saturated carbocycles. The third kappa shape index (κ3) is 7.53. The topological polar surface area (TPSA) is 141 Å². The van der Waals surface area contributed by atoms with Crippen LogP contribution in [0.5, 0.6) is 0 Å². The molecule has 0 amide bonds. The van der Waals surface area contributed by atoms with Crippen molar-refractivity contribution >= 4 is 28.0 Å². The summed E-state index contributed by atoms with van der Waals surface area (Å²) >= 11 is 0. The molecule has 0 N–H and O–H groups in total. The molecule has 34 heavy (non-hydrogen) atoms. The zero-order valence-electron chi connectivity index (χ0n) is 19.1. The smallest absolute Gasteiger partial charge is 0.303 e. The van der Waals surface area contributed by atoms with E-state index in [1.54, 1.807) is 19.1 Å². The number of terminal acetylenes is 1. The summed E-state index contributed by atoms with van der Waals surface area (Å²) in [5.74, 6) is -0.122. The van der Waals surface area contributed by atoms with E-state index in [-0.39, 0.29) is 11.5 Å². The first-order valence-electron chi connectivity index (χ1n) is 10.1. The molecule has 12 heteroatoms. The lowest BCUT2D eigenvalue weighted by atomic mass is 9.98. The van der Waals surface area contributed by atoms with Crippen molar-refractivity contribution in [2.24, 2.45) is 0 Å². The van der Waals surface area contributed by atoms with E-state index in [2.05, 4.69) is 5.92 Å². The van der Waals surface area contributed by atoms with Crippen molar-refractivity contribution in [2.45, 2.75) is 63.3 Å². The van der Waals surface area contributed by atoms with Crippen LogP contribution in [-0.4, -0.2) is 70.2 Å². The molecule has 1 aromatic carbocycles. The summed E-state index contributed by atoms with van der Waals surface area (Å²) in [6.07, 6.45) is -1.63. The highest BCUT2D eigenvalue weighted by Gasteiger charge is 2.52. The monoisotopic (exact) mass is 498 g/mol. The Morgan fingerprint density at radius 2 is 1.47 bits per heavy atom. The highest BCUT2D eigenvalue weighted by atomic mass is 32.2. The summed E-state index contributed by atoms with van der Waals surface area (Å²) in [5, 5.41) is 0. The van der Waals surface area contributed by atoms with Gasteiger partial charge in [0, 0.05) is 20.8 Å². The summed E-state index contributed by atoms with van der Waals surface area (Å²) in [7, 11) is -4.22. The number of hydrogen-bond donors (Lipinski definition) is 0. The second-order valence-electron chi connectivity index (χ2n) is 7.33. The molecule has 5 atom stereocenters. The number of ether oxygens (including phenoxy) is 5. The Morgan fingerprint density at radius 1 is 0.941 bits per heavy atom. The van der Waals surface area contributed by atoms with Gasteiger partial charge in [-0.2, -0.15) is 8.42 Å². The third-order valence-electron chi connectivity index (χ3n) is 4.53. The predicted octanol–water partition coefficient (Wildman–Crippen LogP) is 0.870. The van der Waals surface area contributed by atoms with Crippen molar-refractivity contribution in [2.75, 3.05) is 13.2 Å². The summed E-state index contributed by atoms with van der Waals surface area (Å²) in [6, 6.07) is 5.93. The first-order chi connectivity index (χ1) is 15.9. The molecule has 5 unspecified atom stereocenters. The van der Waals surface area contributed by atoms with E-state index in [0.717, 1.165) is 26.3 Å². The predicted molar refractivity (Wildman–Crippen MR) is 114 cm³/mol. The summed E-state index contributed by atoms with van der Waals surface area (Å²) in [4.78, 5) is 35.2. The lowest BCUT2D eigenvalue weighted by molar-refractivity contribution is -0.304. The summed E-state index contributed by atoms with van der Waals surface area (Å²) in [5.41, 5.74) is 0.846. The Labute approximate surface area is 197 Å². The standard InChI is InChI=1S/C22H26O11S/c1-6-11-28-22-21(32-16(5)25)20(31-15(4)24)19(30-14(3)23)18(33-22)12-29-34(26,27)17-9-7-13(2)8-10-17/h1,7-10,18-22H,11-12H2,2-5H3. The van der Waals surface area contributed by atoms with Gasteiger partial charge >= 0.3 is 17.9 Å². The zero-order chi connectivity index (χ0) is 25.5. The number of carbonyl (C=O) groups is 3. The second-order valence-corrected chi connectivity index (χ2v) is 8.95. The lowest BCUT2D eigenvalue weighted by Gasteiger charge is -2.43. The number of aryl methyl sites for hydroxylation is 1. The Kier molecular flexibility index (Phi) is 9.57. The van der Waals surface area contributed by atoms with E-state index < -0.39 is 65.3 Å². The maximum Gasteiger partial charge on any atom is 0.303 e. The Hall–Kier alpha value is -2.98. The highest BCUT2D eigenvalue weighted by molar-refractivity contribution is 7.86. The van der Waals surface area contributed by atoms with Crippen LogP contribution < -0.4 is 0 Å². The fourth-order valence-corrected chi connectivity index (χ4v) is 4.10. The molecule has 1 heterocycles. The third-order valence-corrected chi connectivity index (χ3v) is 5.82. The number of carbonyl (C=O) groups excluding carboxylic acids is 3. The van der Waals surface area contributed by atoms with Gasteiger partial charge in [-0.25, -0.2) is 0 Å². The Balaban J connectivity index is 2.38. The van der Waals surface area contributed by atoms with E-state index in [1.165, 1.54) is 12.1 Å². The molecule has 1 saturated heterocycles. The van der Waals surface area contributed by atoms with Crippen LogP contribution in [-0.2, 0) is 52.4 Å². The van der Waals surface area contributed by atoms with Crippen LogP contribution in [0.4, 0.5) is 0 Å². The number of esters is 3. The number of hydrogen-bond acceptors (Lipinski definition) is 11. The zero-order valence-corrected chi connectivity index (χ0v) is 19.9. The summed E-state index contributed by atoms with van der Waals surface area (Å²) in [6.45, 7) is 4.16. The van der Waals surface area contributed by atoms with Crippen LogP contribution >= 0.6 is 0 Å². The first kappa shape index (κ1) is 27.3. The molecule has 0 aliphatic carbocycles. The molecule has 0 aromatic heterocycles. The molecule has 0 bridgehead atoms. The number of rotatable bonds is 9. The summed E-state index contributed by atoms with van der Waals surface area (Å²) < 4.78 is 57.3. The van der Waals surface area contributed by atoms with Gasteiger partial charge in [0.05, 0.1) is 11.5 Å². The molecule has 0 spiro atoms. The van der Waals surface area contributed by atoms with Crippen molar-refractivity contribution < 1.29 is 50.7 Å². The van der Waals surface area contributed by atoms with Crippen LogP contribution in [0.1, 0.15) is 26.3 Å². The average Bonchev–Trinajstić information content (AvgIpc) is 2.74. The molecule has 1 fully saturated rings. The Morgan fingerprint density at radius 3 is 2.00 bits per heavy atom. The van der Waals surface area contributed by atoms with Crippen LogP contribution in [0.25, 0.3) is 0 Å². The molecular formula is C22H26O11S. The first-order valence-corrected chi connectivity index (χ1v) is 11.5. The normalized spacial score (nSPS) is 24.5. The van der Waals surface area contributed by atoms with Crippen molar-refractivity contribution in [3.8, 4) is 12.3 Å². The molecule has 1 aromatic rings. The largest absolute Gasteiger partial charge is 0.456 e. The number of benzene rings is 1. The highest BCUT2D eigenvalue weighted by Crippen LogP contribution is 2.30. The van der Waals surface area contributed by atoms with E-state index in [0.29, 0.717) is 0 Å². The van der Waals surface area contributed by atoms with E-state index >= 15 is 0 Å². The van der Waals surface area contributed by atoms with Gasteiger partial charge in [-0.3, -0.25) is 18.6 Å². The SMILES string of the molecule is C#CCOC1OC(COS(=O)(=O)c2ccc(C)cc2)C(OC(C)=O)C(OC(C)=O)C1OC(C)=O. The van der Waals surface area contributed by atoms with Gasteiger partial charge in [-0.15, -0.1) is 6.42 Å². The van der Waals surface area contributed by atoms with Crippen LogP contribution in [0, 0.1) is 19.3 Å². The maximum atomic E-state index is 12.6. The molecule has 1 aliphatic rings. The quantitative estimate of drug-likeness (QED) is 0.207. The molecule has 11 nitrogen and oxygen atoms in total. The van der Waals surface area contributed by atoms with E-state index in [4.69, 9.17) is 34.3 Å². The van der Waals surface area contributed by atoms with Crippen molar-refractivity contribution in [1.82, 2.24) is 0 Å². The fraction of sp³-hybridized carbons (Fsp3) is 0.500. The van der Waals surface area contributed by atoms with Gasteiger partial charge in [-0.1, -0.05) is 23.6 Å². The van der Waals surface area contributed by atoms with Crippen LogP contribution in [0.3, 0.4) is 0 Å². The molecule has 2 rings (SSSR count). The van der Waals surface area contributed by atoms with Crippen molar-refractivity contribution in [1.29, 1.82) is 0 Å². The molecule has 0 radical (unpaired) electrons. The maximum absolute atomic E-state index is 12.6. The minimum atomic E-state index is -4.22. The molecule has 1 aliphatic heterocycles. The van der Waals surface area contributed by atoms with Gasteiger partial charge in [-0.05, 0) is 19.1 Å². The van der Waals surface area contributed by atoms with Gasteiger partial charge < -0.3 is 23.7 Å². The van der Waals surface area contributed by atoms with Crippen molar-refractivity contribution in [3.05, 3.63) is 29.8 Å². The van der Waals surface area contributed by atoms with E-state index in [9.17, 15) is 22.8 Å². The van der Waals surface area contributed by atoms with Crippen molar-refractivity contribution in [3.63, 3.8) is 0 Å². The lowest BCUT2D eigenvalue weighted by Crippen LogP contribution is -2.63. The average molecular weight is 499 g/mol. The molecule has 186 valence electrons. The van der Waals surface area contributed by atoms with Crippen LogP contribution in [0.2, 0.25) is 0 Å². The van der Waals surface area contributed by atoms with Gasteiger partial charge in [0.25, 0.3) is 10.1 Å².